The molecule has 0 fully saturated rings. The van der Waals surface area contributed by atoms with E-state index in [1.165, 1.54) is 12.4 Å². The molecule has 0 aliphatic rings. The fraction of sp³-hybridized carbons (Fsp3) is 0.250. The lowest BCUT2D eigenvalue weighted by molar-refractivity contribution is 0.515. The maximum atomic E-state index is 13.8. The van der Waals surface area contributed by atoms with Crippen LogP contribution in [0.2, 0.25) is 0 Å². The Balaban J connectivity index is 1.66. The number of anilines is 1. The summed E-state index contributed by atoms with van der Waals surface area (Å²) in [5.41, 5.74) is 1.31. The van der Waals surface area contributed by atoms with Crippen molar-refractivity contribution in [2.45, 2.75) is 26.3 Å². The summed E-state index contributed by atoms with van der Waals surface area (Å²) in [7, 11) is 0. The first kappa shape index (κ1) is 15.4. The van der Waals surface area contributed by atoms with Crippen LogP contribution in [0, 0.1) is 11.6 Å². The topological polar surface area (TPSA) is 83.8 Å². The summed E-state index contributed by atoms with van der Waals surface area (Å²) in [5.74, 6) is 0.0224. The van der Waals surface area contributed by atoms with Crippen molar-refractivity contribution in [3.63, 3.8) is 0 Å². The van der Waals surface area contributed by atoms with Gasteiger partial charge < -0.3 is 10.3 Å². The van der Waals surface area contributed by atoms with Gasteiger partial charge in [-0.25, -0.2) is 18.7 Å². The van der Waals surface area contributed by atoms with E-state index in [1.807, 2.05) is 19.9 Å². The minimum absolute atomic E-state index is 0.0136. The van der Waals surface area contributed by atoms with Gasteiger partial charge in [-0.3, -0.25) is 0 Å². The van der Waals surface area contributed by atoms with Gasteiger partial charge >= 0.3 is 0 Å². The van der Waals surface area contributed by atoms with Gasteiger partial charge in [0.1, 0.15) is 23.5 Å². The SMILES string of the molecule is CC(C)c1cc(NCc2nc3c(F)c(F)ccc3[nH]2)n2ncnc2n1. The lowest BCUT2D eigenvalue weighted by Gasteiger charge is -2.10. The maximum absolute atomic E-state index is 13.8. The standard InChI is InChI=1S/C16H15F2N7/c1-8(2)11-5-13(25-16(23-11)20-7-21-25)19-6-12-22-10-4-3-9(17)14(18)15(10)24-12/h3-5,7-8,19H,6H2,1-2H3,(H,22,24). The first-order valence-corrected chi connectivity index (χ1v) is 7.80. The minimum atomic E-state index is -0.954. The molecule has 9 heteroatoms. The fourth-order valence-corrected chi connectivity index (χ4v) is 2.58. The summed E-state index contributed by atoms with van der Waals surface area (Å²) < 4.78 is 28.7. The number of fused-ring (bicyclic) bond motifs is 2. The van der Waals surface area contributed by atoms with Crippen molar-refractivity contribution in [3.05, 3.63) is 47.7 Å². The molecule has 4 rings (SSSR count). The van der Waals surface area contributed by atoms with Crippen LogP contribution >= 0.6 is 0 Å². The van der Waals surface area contributed by atoms with Crippen LogP contribution < -0.4 is 5.32 Å². The molecule has 3 aromatic heterocycles. The lowest BCUT2D eigenvalue weighted by atomic mass is 10.1. The molecule has 7 nitrogen and oxygen atoms in total. The molecule has 0 saturated heterocycles. The molecule has 1 aromatic carbocycles. The van der Waals surface area contributed by atoms with Crippen molar-refractivity contribution in [2.24, 2.45) is 0 Å². The van der Waals surface area contributed by atoms with Crippen molar-refractivity contribution in [1.29, 1.82) is 0 Å². The van der Waals surface area contributed by atoms with Crippen molar-refractivity contribution in [2.75, 3.05) is 5.32 Å². The van der Waals surface area contributed by atoms with Crippen LogP contribution in [0.1, 0.15) is 31.3 Å². The summed E-state index contributed by atoms with van der Waals surface area (Å²) >= 11 is 0. The second-order valence-corrected chi connectivity index (χ2v) is 5.99. The average molecular weight is 343 g/mol. The number of aromatic amines is 1. The highest BCUT2D eigenvalue weighted by Gasteiger charge is 2.13. The number of rotatable bonds is 4. The number of hydrogen-bond acceptors (Lipinski definition) is 5. The monoisotopic (exact) mass is 343 g/mol. The maximum Gasteiger partial charge on any atom is 0.254 e. The van der Waals surface area contributed by atoms with Crippen LogP contribution in [0.4, 0.5) is 14.6 Å². The fourth-order valence-electron chi connectivity index (χ4n) is 2.58. The van der Waals surface area contributed by atoms with Crippen LogP contribution in [-0.2, 0) is 6.54 Å². The zero-order chi connectivity index (χ0) is 17.6. The summed E-state index contributed by atoms with van der Waals surface area (Å²) in [5, 5.41) is 7.33. The van der Waals surface area contributed by atoms with E-state index < -0.39 is 11.6 Å². The lowest BCUT2D eigenvalue weighted by Crippen LogP contribution is -2.09. The molecular weight excluding hydrogens is 328 g/mol. The molecule has 0 aliphatic carbocycles. The first-order valence-electron chi connectivity index (χ1n) is 7.80. The Labute approximate surface area is 141 Å². The molecule has 4 aromatic rings. The van der Waals surface area contributed by atoms with Crippen molar-refractivity contribution in [1.82, 2.24) is 29.5 Å². The number of aromatic nitrogens is 6. The van der Waals surface area contributed by atoms with E-state index in [0.717, 1.165) is 11.8 Å². The Bertz CT molecular complexity index is 1070. The molecule has 0 amide bonds. The van der Waals surface area contributed by atoms with Crippen LogP contribution in [0.3, 0.4) is 0 Å². The van der Waals surface area contributed by atoms with Gasteiger partial charge in [0.05, 0.1) is 17.8 Å². The number of benzene rings is 1. The Kier molecular flexibility index (Phi) is 3.56. The molecule has 25 heavy (non-hydrogen) atoms. The van der Waals surface area contributed by atoms with Crippen LogP contribution in [0.15, 0.2) is 24.5 Å². The van der Waals surface area contributed by atoms with Gasteiger partial charge in [0.25, 0.3) is 5.78 Å². The number of nitrogens with one attached hydrogen (secondary N) is 2. The highest BCUT2D eigenvalue weighted by molar-refractivity contribution is 5.75. The van der Waals surface area contributed by atoms with E-state index >= 15 is 0 Å². The van der Waals surface area contributed by atoms with E-state index in [4.69, 9.17) is 0 Å². The zero-order valence-corrected chi connectivity index (χ0v) is 13.6. The molecule has 128 valence electrons. The molecule has 0 bridgehead atoms. The molecular formula is C16H15F2N7. The van der Waals surface area contributed by atoms with Gasteiger partial charge in [-0.1, -0.05) is 13.8 Å². The summed E-state index contributed by atoms with van der Waals surface area (Å²) in [6.45, 7) is 4.36. The third-order valence-corrected chi connectivity index (χ3v) is 3.89. The Hall–Kier alpha value is -3.10. The smallest absolute Gasteiger partial charge is 0.254 e. The molecule has 2 N–H and O–H groups in total. The highest BCUT2D eigenvalue weighted by atomic mass is 19.2. The van der Waals surface area contributed by atoms with Gasteiger partial charge in [-0.05, 0) is 18.1 Å². The number of nitrogens with zero attached hydrogens (tertiary/aromatic N) is 5. The zero-order valence-electron chi connectivity index (χ0n) is 13.6. The molecule has 0 aliphatic heterocycles. The largest absolute Gasteiger partial charge is 0.363 e. The normalized spacial score (nSPS) is 11.7. The van der Waals surface area contributed by atoms with Crippen molar-refractivity contribution >= 4 is 22.6 Å². The molecule has 0 spiro atoms. The molecule has 0 saturated carbocycles. The first-order chi connectivity index (χ1) is 12.0. The summed E-state index contributed by atoms with van der Waals surface area (Å²) in [6, 6.07) is 4.42. The van der Waals surface area contributed by atoms with Gasteiger partial charge in [0.2, 0.25) is 0 Å². The van der Waals surface area contributed by atoms with Crippen LogP contribution in [0.25, 0.3) is 16.8 Å². The number of H-pyrrole nitrogens is 1. The van der Waals surface area contributed by atoms with E-state index in [9.17, 15) is 8.78 Å². The van der Waals surface area contributed by atoms with Crippen molar-refractivity contribution < 1.29 is 8.78 Å². The molecule has 0 atom stereocenters. The van der Waals surface area contributed by atoms with Gasteiger partial charge in [-0.2, -0.15) is 14.6 Å². The predicted molar refractivity (Wildman–Crippen MR) is 88.2 cm³/mol. The van der Waals surface area contributed by atoms with E-state index in [2.05, 4.69) is 30.4 Å². The minimum Gasteiger partial charge on any atom is -0.363 e. The summed E-state index contributed by atoms with van der Waals surface area (Å²) in [6.07, 6.45) is 1.43. The third-order valence-electron chi connectivity index (χ3n) is 3.89. The van der Waals surface area contributed by atoms with Gasteiger partial charge in [-0.15, -0.1) is 0 Å². The average Bonchev–Trinajstić information content (AvgIpc) is 3.22. The second kappa shape index (κ2) is 5.76. The number of imidazole rings is 1. The number of hydrogen-bond donors (Lipinski definition) is 2. The van der Waals surface area contributed by atoms with Gasteiger partial charge in [0.15, 0.2) is 11.6 Å². The molecule has 3 heterocycles. The van der Waals surface area contributed by atoms with Crippen LogP contribution in [0.5, 0.6) is 0 Å². The van der Waals surface area contributed by atoms with E-state index in [-0.39, 0.29) is 18.0 Å². The highest BCUT2D eigenvalue weighted by Crippen LogP contribution is 2.20. The quantitative estimate of drug-likeness (QED) is 0.595. The third kappa shape index (κ3) is 2.67. The van der Waals surface area contributed by atoms with Crippen LogP contribution in [-0.4, -0.2) is 29.5 Å². The number of halogens is 2. The Morgan fingerprint density at radius 3 is 2.88 bits per heavy atom. The second-order valence-electron chi connectivity index (χ2n) is 5.99. The van der Waals surface area contributed by atoms with Crippen molar-refractivity contribution in [3.8, 4) is 0 Å². The van der Waals surface area contributed by atoms with E-state index in [0.29, 0.717) is 22.9 Å². The Morgan fingerprint density at radius 2 is 2.08 bits per heavy atom. The molecule has 0 unspecified atom stereocenters. The Morgan fingerprint density at radius 1 is 1.24 bits per heavy atom. The van der Waals surface area contributed by atoms with Gasteiger partial charge in [0, 0.05) is 6.07 Å². The molecule has 0 radical (unpaired) electrons. The van der Waals surface area contributed by atoms with E-state index in [1.54, 1.807) is 4.52 Å². The predicted octanol–water partition coefficient (Wildman–Crippen LogP) is 3.01. The summed E-state index contributed by atoms with van der Waals surface area (Å²) in [4.78, 5) is 15.7.